The Kier molecular flexibility index (Phi) is 4.14. The first-order valence-electron chi connectivity index (χ1n) is 8.82. The molecule has 0 bridgehead atoms. The molecule has 0 amide bonds. The van der Waals surface area contributed by atoms with Crippen molar-refractivity contribution in [1.29, 1.82) is 0 Å². The molecule has 24 heavy (non-hydrogen) atoms. The van der Waals surface area contributed by atoms with Gasteiger partial charge in [-0.05, 0) is 45.1 Å². The fourth-order valence-corrected chi connectivity index (χ4v) is 3.78. The van der Waals surface area contributed by atoms with Crippen molar-refractivity contribution in [2.45, 2.75) is 57.2 Å². The van der Waals surface area contributed by atoms with Gasteiger partial charge >= 0.3 is 0 Å². The SMILES string of the molecule is Cc1ccc(C2(c3noc([C@@H]4CC[C@H](C)O4)n3)CCOCC2)cc1. The lowest BCUT2D eigenvalue weighted by molar-refractivity contribution is 0.0355. The minimum absolute atomic E-state index is 0.0591. The number of benzene rings is 1. The van der Waals surface area contributed by atoms with Gasteiger partial charge in [-0.25, -0.2) is 0 Å². The minimum Gasteiger partial charge on any atom is -0.381 e. The van der Waals surface area contributed by atoms with Crippen LogP contribution in [0, 0.1) is 6.92 Å². The molecule has 2 fully saturated rings. The maximum Gasteiger partial charge on any atom is 0.255 e. The van der Waals surface area contributed by atoms with Crippen LogP contribution in [0.3, 0.4) is 0 Å². The van der Waals surface area contributed by atoms with Gasteiger partial charge in [0.1, 0.15) is 6.10 Å². The molecule has 1 aromatic heterocycles. The van der Waals surface area contributed by atoms with Crippen LogP contribution in [0.2, 0.25) is 0 Å². The molecule has 0 saturated carbocycles. The maximum atomic E-state index is 5.88. The van der Waals surface area contributed by atoms with E-state index < -0.39 is 0 Å². The summed E-state index contributed by atoms with van der Waals surface area (Å²) in [6, 6.07) is 8.67. The molecule has 4 rings (SSSR count). The molecular formula is C19H24N2O3. The highest BCUT2D eigenvalue weighted by molar-refractivity contribution is 5.35. The van der Waals surface area contributed by atoms with E-state index in [4.69, 9.17) is 19.0 Å². The molecule has 0 radical (unpaired) electrons. The van der Waals surface area contributed by atoms with Gasteiger partial charge in [0, 0.05) is 13.2 Å². The van der Waals surface area contributed by atoms with E-state index in [0.717, 1.165) is 31.5 Å². The van der Waals surface area contributed by atoms with Gasteiger partial charge in [-0.2, -0.15) is 4.98 Å². The molecule has 2 atom stereocenters. The van der Waals surface area contributed by atoms with Crippen LogP contribution in [-0.2, 0) is 14.9 Å². The van der Waals surface area contributed by atoms with Crippen molar-refractivity contribution in [2.24, 2.45) is 0 Å². The third kappa shape index (κ3) is 2.76. The second kappa shape index (κ2) is 6.30. The largest absolute Gasteiger partial charge is 0.381 e. The highest BCUT2D eigenvalue weighted by Gasteiger charge is 2.41. The molecule has 2 saturated heterocycles. The van der Waals surface area contributed by atoms with Crippen LogP contribution >= 0.6 is 0 Å². The van der Waals surface area contributed by atoms with Crippen LogP contribution in [0.25, 0.3) is 0 Å². The molecule has 0 unspecified atom stereocenters. The number of aryl methyl sites for hydroxylation is 1. The summed E-state index contributed by atoms with van der Waals surface area (Å²) >= 11 is 0. The van der Waals surface area contributed by atoms with Crippen molar-refractivity contribution in [2.75, 3.05) is 13.2 Å². The zero-order chi connectivity index (χ0) is 16.6. The Balaban J connectivity index is 1.69. The molecule has 5 heteroatoms. The fraction of sp³-hybridized carbons (Fsp3) is 0.579. The Bertz CT molecular complexity index is 689. The quantitative estimate of drug-likeness (QED) is 0.859. The Hall–Kier alpha value is -1.72. The van der Waals surface area contributed by atoms with Crippen molar-refractivity contribution in [3.05, 3.63) is 47.1 Å². The molecule has 0 N–H and O–H groups in total. The summed E-state index contributed by atoms with van der Waals surface area (Å²) in [5, 5.41) is 4.36. The predicted octanol–water partition coefficient (Wildman–Crippen LogP) is 3.71. The van der Waals surface area contributed by atoms with E-state index >= 15 is 0 Å². The van der Waals surface area contributed by atoms with Crippen molar-refractivity contribution in [3.63, 3.8) is 0 Å². The van der Waals surface area contributed by atoms with Gasteiger partial charge in [0.25, 0.3) is 5.89 Å². The molecule has 5 nitrogen and oxygen atoms in total. The van der Waals surface area contributed by atoms with E-state index in [1.165, 1.54) is 11.1 Å². The van der Waals surface area contributed by atoms with E-state index in [0.29, 0.717) is 19.1 Å². The third-order valence-electron chi connectivity index (χ3n) is 5.33. The first-order chi connectivity index (χ1) is 11.7. The van der Waals surface area contributed by atoms with Gasteiger partial charge in [-0.15, -0.1) is 0 Å². The first-order valence-corrected chi connectivity index (χ1v) is 8.82. The van der Waals surface area contributed by atoms with E-state index in [-0.39, 0.29) is 17.6 Å². The summed E-state index contributed by atoms with van der Waals surface area (Å²) in [5.41, 5.74) is 2.27. The second-order valence-electron chi connectivity index (χ2n) is 7.03. The standard InChI is InChI=1S/C19H24N2O3/c1-13-3-6-15(7-4-13)19(9-11-22-12-10-19)18-20-17(24-21-18)16-8-5-14(2)23-16/h3-4,6-7,14,16H,5,8-12H2,1-2H3/t14-,16-/m0/s1. The highest BCUT2D eigenvalue weighted by Crippen LogP contribution is 2.41. The normalized spacial score (nSPS) is 26.6. The van der Waals surface area contributed by atoms with Gasteiger partial charge in [0.15, 0.2) is 5.82 Å². The number of ether oxygens (including phenoxy) is 2. The summed E-state index contributed by atoms with van der Waals surface area (Å²) < 4.78 is 17.1. The predicted molar refractivity (Wildman–Crippen MR) is 88.8 cm³/mol. The first kappa shape index (κ1) is 15.8. The van der Waals surface area contributed by atoms with Gasteiger partial charge in [0.05, 0.1) is 11.5 Å². The lowest BCUT2D eigenvalue weighted by Gasteiger charge is -2.35. The Morgan fingerprint density at radius 2 is 1.83 bits per heavy atom. The van der Waals surface area contributed by atoms with Crippen molar-refractivity contribution < 1.29 is 14.0 Å². The summed E-state index contributed by atoms with van der Waals surface area (Å²) in [6.07, 6.45) is 3.94. The molecular weight excluding hydrogens is 304 g/mol. The van der Waals surface area contributed by atoms with Gasteiger partial charge in [0.2, 0.25) is 0 Å². The summed E-state index contributed by atoms with van der Waals surface area (Å²) in [5.74, 6) is 1.39. The van der Waals surface area contributed by atoms with Crippen LogP contribution in [0.4, 0.5) is 0 Å². The molecule has 2 aliphatic heterocycles. The van der Waals surface area contributed by atoms with E-state index in [2.05, 4.69) is 43.3 Å². The minimum atomic E-state index is -0.224. The number of nitrogens with zero attached hydrogens (tertiary/aromatic N) is 2. The van der Waals surface area contributed by atoms with Gasteiger partial charge < -0.3 is 14.0 Å². The Labute approximate surface area is 142 Å². The van der Waals surface area contributed by atoms with E-state index in [1.54, 1.807) is 0 Å². The fourth-order valence-electron chi connectivity index (χ4n) is 3.78. The average molecular weight is 328 g/mol. The van der Waals surface area contributed by atoms with E-state index in [1.807, 2.05) is 0 Å². The zero-order valence-electron chi connectivity index (χ0n) is 14.3. The van der Waals surface area contributed by atoms with Crippen LogP contribution in [0.15, 0.2) is 28.8 Å². The molecule has 2 aromatic rings. The monoisotopic (exact) mass is 328 g/mol. The van der Waals surface area contributed by atoms with Gasteiger partial charge in [-0.3, -0.25) is 0 Å². The van der Waals surface area contributed by atoms with E-state index in [9.17, 15) is 0 Å². The zero-order valence-corrected chi connectivity index (χ0v) is 14.3. The lowest BCUT2D eigenvalue weighted by atomic mass is 9.73. The molecule has 0 aliphatic carbocycles. The van der Waals surface area contributed by atoms with Crippen LogP contribution in [0.5, 0.6) is 0 Å². The second-order valence-corrected chi connectivity index (χ2v) is 7.03. The number of hydrogen-bond donors (Lipinski definition) is 0. The van der Waals surface area contributed by atoms with Crippen molar-refractivity contribution >= 4 is 0 Å². The molecule has 3 heterocycles. The highest BCUT2D eigenvalue weighted by atomic mass is 16.5. The van der Waals surface area contributed by atoms with Gasteiger partial charge in [-0.1, -0.05) is 35.0 Å². The maximum absolute atomic E-state index is 5.88. The summed E-state index contributed by atoms with van der Waals surface area (Å²) in [4.78, 5) is 4.76. The Morgan fingerprint density at radius 1 is 1.08 bits per heavy atom. The molecule has 128 valence electrons. The number of aromatic nitrogens is 2. The summed E-state index contributed by atoms with van der Waals surface area (Å²) in [6.45, 7) is 5.62. The van der Waals surface area contributed by atoms with Crippen LogP contribution in [0.1, 0.15) is 61.6 Å². The smallest absolute Gasteiger partial charge is 0.255 e. The molecule has 0 spiro atoms. The van der Waals surface area contributed by atoms with Crippen LogP contribution in [-0.4, -0.2) is 29.5 Å². The summed E-state index contributed by atoms with van der Waals surface area (Å²) in [7, 11) is 0. The topological polar surface area (TPSA) is 57.4 Å². The van der Waals surface area contributed by atoms with Crippen molar-refractivity contribution in [3.8, 4) is 0 Å². The molecule has 1 aromatic carbocycles. The lowest BCUT2D eigenvalue weighted by Crippen LogP contribution is -2.36. The Morgan fingerprint density at radius 3 is 2.50 bits per heavy atom. The third-order valence-corrected chi connectivity index (χ3v) is 5.33. The number of rotatable bonds is 3. The van der Waals surface area contributed by atoms with Crippen molar-refractivity contribution in [1.82, 2.24) is 10.1 Å². The average Bonchev–Trinajstić information content (AvgIpc) is 3.25. The van der Waals surface area contributed by atoms with Crippen LogP contribution < -0.4 is 0 Å². The molecule has 2 aliphatic rings. The number of hydrogen-bond acceptors (Lipinski definition) is 5.